The summed E-state index contributed by atoms with van der Waals surface area (Å²) in [6.45, 7) is 2.03. The number of halogens is 2. The van der Waals surface area contributed by atoms with Gasteiger partial charge in [0.15, 0.2) is 0 Å². The van der Waals surface area contributed by atoms with Crippen molar-refractivity contribution in [2.75, 3.05) is 4.72 Å². The summed E-state index contributed by atoms with van der Waals surface area (Å²) in [5.41, 5.74) is 5.71. The first-order valence-corrected chi connectivity index (χ1v) is 8.67. The third-order valence-corrected chi connectivity index (χ3v) is 5.92. The van der Waals surface area contributed by atoms with E-state index in [0.29, 0.717) is 11.4 Å². The van der Waals surface area contributed by atoms with Gasteiger partial charge in [-0.1, -0.05) is 29.3 Å². The fourth-order valence-electron chi connectivity index (χ4n) is 1.68. The Labute approximate surface area is 131 Å². The molecule has 0 atom stereocenters. The normalized spacial score (nSPS) is 11.6. The standard InChI is InChI=1S/C12H12Cl2N2O2S2/c1-7-11(5-8(6-15)19-7)20(17,18)16-12-9(13)3-2-4-10(12)14/h2-5,16H,6,15H2,1H3. The molecule has 20 heavy (non-hydrogen) atoms. The van der Waals surface area contributed by atoms with Gasteiger partial charge in [-0.3, -0.25) is 4.72 Å². The van der Waals surface area contributed by atoms with E-state index < -0.39 is 10.0 Å². The Bertz CT molecular complexity index is 722. The van der Waals surface area contributed by atoms with Crippen LogP contribution in [-0.2, 0) is 16.6 Å². The highest BCUT2D eigenvalue weighted by molar-refractivity contribution is 7.93. The van der Waals surface area contributed by atoms with E-state index in [-0.39, 0.29) is 20.6 Å². The van der Waals surface area contributed by atoms with Crippen LogP contribution in [0.1, 0.15) is 9.75 Å². The molecule has 0 amide bonds. The van der Waals surface area contributed by atoms with Crippen molar-refractivity contribution in [3.63, 3.8) is 0 Å². The quantitative estimate of drug-likeness (QED) is 0.884. The van der Waals surface area contributed by atoms with Crippen LogP contribution in [0.15, 0.2) is 29.2 Å². The van der Waals surface area contributed by atoms with E-state index in [0.717, 1.165) is 4.88 Å². The molecule has 8 heteroatoms. The summed E-state index contributed by atoms with van der Waals surface area (Å²) in [6, 6.07) is 6.34. The van der Waals surface area contributed by atoms with Crippen LogP contribution in [-0.4, -0.2) is 8.42 Å². The molecule has 0 spiro atoms. The van der Waals surface area contributed by atoms with Crippen molar-refractivity contribution < 1.29 is 8.42 Å². The second-order valence-corrected chi connectivity index (χ2v) is 7.85. The summed E-state index contributed by atoms with van der Waals surface area (Å²) in [7, 11) is -3.74. The molecular formula is C12H12Cl2N2O2S2. The molecule has 108 valence electrons. The van der Waals surface area contributed by atoms with Crippen LogP contribution in [0.5, 0.6) is 0 Å². The molecular weight excluding hydrogens is 339 g/mol. The van der Waals surface area contributed by atoms with Crippen molar-refractivity contribution in [2.45, 2.75) is 18.4 Å². The Hall–Kier alpha value is -0.790. The number of nitrogens with two attached hydrogens (primary N) is 1. The topological polar surface area (TPSA) is 72.2 Å². The van der Waals surface area contributed by atoms with Gasteiger partial charge in [0.1, 0.15) is 4.90 Å². The van der Waals surface area contributed by atoms with Crippen molar-refractivity contribution in [2.24, 2.45) is 5.73 Å². The van der Waals surface area contributed by atoms with Crippen molar-refractivity contribution in [3.8, 4) is 0 Å². The zero-order valence-electron chi connectivity index (χ0n) is 10.5. The van der Waals surface area contributed by atoms with Gasteiger partial charge in [0, 0.05) is 16.3 Å². The summed E-state index contributed by atoms with van der Waals surface area (Å²) in [4.78, 5) is 1.66. The Kier molecular flexibility index (Phi) is 4.61. The minimum atomic E-state index is -3.74. The Morgan fingerprint density at radius 3 is 2.40 bits per heavy atom. The van der Waals surface area contributed by atoms with Crippen molar-refractivity contribution in [1.29, 1.82) is 0 Å². The predicted octanol–water partition coefficient (Wildman–Crippen LogP) is 3.62. The number of hydrogen-bond donors (Lipinski definition) is 2. The largest absolute Gasteiger partial charge is 0.326 e. The number of rotatable bonds is 4. The summed E-state index contributed by atoms with van der Waals surface area (Å²) >= 11 is 13.3. The Morgan fingerprint density at radius 2 is 1.90 bits per heavy atom. The Morgan fingerprint density at radius 1 is 1.30 bits per heavy atom. The minimum Gasteiger partial charge on any atom is -0.326 e. The van der Waals surface area contributed by atoms with E-state index in [1.165, 1.54) is 11.3 Å². The summed E-state index contributed by atoms with van der Waals surface area (Å²) in [5.74, 6) is 0. The van der Waals surface area contributed by atoms with Crippen LogP contribution >= 0.6 is 34.5 Å². The monoisotopic (exact) mass is 350 g/mol. The maximum Gasteiger partial charge on any atom is 0.263 e. The SMILES string of the molecule is Cc1sc(CN)cc1S(=O)(=O)Nc1c(Cl)cccc1Cl. The van der Waals surface area contributed by atoms with E-state index in [4.69, 9.17) is 28.9 Å². The summed E-state index contributed by atoms with van der Waals surface area (Å²) < 4.78 is 27.2. The summed E-state index contributed by atoms with van der Waals surface area (Å²) in [6.07, 6.45) is 0. The van der Waals surface area contributed by atoms with Gasteiger partial charge in [0.05, 0.1) is 15.7 Å². The van der Waals surface area contributed by atoms with Gasteiger partial charge < -0.3 is 5.73 Å². The van der Waals surface area contributed by atoms with Crippen LogP contribution in [0.2, 0.25) is 10.0 Å². The highest BCUT2D eigenvalue weighted by atomic mass is 35.5. The van der Waals surface area contributed by atoms with Gasteiger partial charge in [0.25, 0.3) is 10.0 Å². The molecule has 0 saturated carbocycles. The van der Waals surface area contributed by atoms with Gasteiger partial charge in [-0.25, -0.2) is 8.42 Å². The van der Waals surface area contributed by atoms with Crippen LogP contribution in [0.25, 0.3) is 0 Å². The summed E-state index contributed by atoms with van der Waals surface area (Å²) in [5, 5.41) is 0.487. The maximum atomic E-state index is 12.4. The van der Waals surface area contributed by atoms with Crippen LogP contribution in [0.4, 0.5) is 5.69 Å². The molecule has 2 rings (SSSR count). The van der Waals surface area contributed by atoms with Crippen LogP contribution in [0.3, 0.4) is 0 Å². The van der Waals surface area contributed by atoms with Crippen LogP contribution < -0.4 is 10.5 Å². The molecule has 0 aliphatic heterocycles. The average molecular weight is 351 g/mol. The van der Waals surface area contributed by atoms with E-state index in [9.17, 15) is 8.42 Å². The molecule has 1 aromatic carbocycles. The number of hydrogen-bond acceptors (Lipinski definition) is 4. The molecule has 0 radical (unpaired) electrons. The first-order valence-electron chi connectivity index (χ1n) is 5.61. The fraction of sp³-hybridized carbons (Fsp3) is 0.167. The van der Waals surface area contributed by atoms with Gasteiger partial charge in [-0.05, 0) is 25.1 Å². The lowest BCUT2D eigenvalue weighted by molar-refractivity contribution is 0.601. The maximum absolute atomic E-state index is 12.4. The second kappa shape index (κ2) is 5.91. The highest BCUT2D eigenvalue weighted by Gasteiger charge is 2.21. The molecule has 0 saturated heterocycles. The van der Waals surface area contributed by atoms with Crippen molar-refractivity contribution >= 4 is 50.2 Å². The predicted molar refractivity (Wildman–Crippen MR) is 84.2 cm³/mol. The van der Waals surface area contributed by atoms with Crippen molar-refractivity contribution in [3.05, 3.63) is 44.1 Å². The third kappa shape index (κ3) is 3.10. The fourth-order valence-corrected chi connectivity index (χ4v) is 4.90. The zero-order valence-corrected chi connectivity index (χ0v) is 13.6. The minimum absolute atomic E-state index is 0.177. The van der Waals surface area contributed by atoms with E-state index in [2.05, 4.69) is 4.72 Å². The van der Waals surface area contributed by atoms with Crippen molar-refractivity contribution in [1.82, 2.24) is 0 Å². The molecule has 0 fully saturated rings. The number of aryl methyl sites for hydroxylation is 1. The van der Waals surface area contributed by atoms with E-state index >= 15 is 0 Å². The third-order valence-electron chi connectivity index (χ3n) is 2.61. The van der Waals surface area contributed by atoms with E-state index in [1.54, 1.807) is 31.2 Å². The molecule has 1 heterocycles. The van der Waals surface area contributed by atoms with Gasteiger partial charge in [-0.2, -0.15) is 0 Å². The number of thiophene rings is 1. The number of anilines is 1. The first kappa shape index (κ1) is 15.6. The van der Waals surface area contributed by atoms with Gasteiger partial charge in [0.2, 0.25) is 0 Å². The second-order valence-electron chi connectivity index (χ2n) is 4.04. The molecule has 2 aromatic rings. The molecule has 4 nitrogen and oxygen atoms in total. The number of benzene rings is 1. The molecule has 0 aliphatic rings. The van der Waals surface area contributed by atoms with Crippen LogP contribution in [0, 0.1) is 6.92 Å². The lowest BCUT2D eigenvalue weighted by Crippen LogP contribution is -2.13. The number of nitrogens with one attached hydrogen (secondary N) is 1. The van der Waals surface area contributed by atoms with Gasteiger partial charge in [-0.15, -0.1) is 11.3 Å². The molecule has 3 N–H and O–H groups in total. The lowest BCUT2D eigenvalue weighted by atomic mass is 10.3. The first-order chi connectivity index (χ1) is 9.35. The number of sulfonamides is 1. The van der Waals surface area contributed by atoms with E-state index in [1.807, 2.05) is 0 Å². The highest BCUT2D eigenvalue weighted by Crippen LogP contribution is 2.33. The molecule has 0 unspecified atom stereocenters. The van der Waals surface area contributed by atoms with Gasteiger partial charge >= 0.3 is 0 Å². The molecule has 0 bridgehead atoms. The lowest BCUT2D eigenvalue weighted by Gasteiger charge is -2.10. The smallest absolute Gasteiger partial charge is 0.263 e. The Balaban J connectivity index is 2.43. The molecule has 1 aromatic heterocycles. The molecule has 0 aliphatic carbocycles. The zero-order chi connectivity index (χ0) is 14.9. The number of para-hydroxylation sites is 1. The average Bonchev–Trinajstić information content (AvgIpc) is 2.76.